The van der Waals surface area contributed by atoms with E-state index in [9.17, 15) is 19.8 Å². The van der Waals surface area contributed by atoms with Crippen LogP contribution < -0.4 is 27.8 Å². The summed E-state index contributed by atoms with van der Waals surface area (Å²) in [7, 11) is 0. The summed E-state index contributed by atoms with van der Waals surface area (Å²) < 4.78 is 0. The van der Waals surface area contributed by atoms with Gasteiger partial charge in [0, 0.05) is 32.8 Å². The van der Waals surface area contributed by atoms with E-state index in [1.165, 1.54) is 0 Å². The van der Waals surface area contributed by atoms with Gasteiger partial charge in [-0.05, 0) is 80.4 Å². The number of H-pyrrole nitrogens is 4. The summed E-state index contributed by atoms with van der Waals surface area (Å²) in [6.45, 7) is 4.85. The number of nitrogens with zero attached hydrogens (tertiary/aromatic N) is 4. The molecule has 6 aromatic rings. The molecule has 17 nitrogen and oxygen atoms in total. The lowest BCUT2D eigenvalue weighted by Gasteiger charge is -2.14. The highest BCUT2D eigenvalue weighted by Gasteiger charge is 2.22. The number of aryl methyl sites for hydroxylation is 2. The second-order valence-electron chi connectivity index (χ2n) is 12.7. The average Bonchev–Trinajstić information content (AvgIpc) is 4.00. The molecule has 0 aliphatic carbocycles. The van der Waals surface area contributed by atoms with Crippen LogP contribution >= 0.6 is 23.2 Å². The van der Waals surface area contributed by atoms with E-state index < -0.39 is 12.2 Å². The molecule has 306 valence electrons. The van der Waals surface area contributed by atoms with E-state index in [2.05, 4.69) is 50.5 Å². The SMILES string of the molecule is C.CC(N)=NC(NC(=O)c1ccc(-c2ccc(Cl)cc2)[nH]1)c1nc(CO)c(C)[nH]1.Cc1[nH]c(C(CN=C(N)N)NC(=O)c2ccc(-c3ccc(Cl)cc3)[nH]2)nc1CO. The molecule has 0 radical (unpaired) electrons. The van der Waals surface area contributed by atoms with E-state index in [1.807, 2.05) is 36.4 Å². The fourth-order valence-electron chi connectivity index (χ4n) is 5.50. The smallest absolute Gasteiger partial charge is 0.269 e. The number of nitrogens with two attached hydrogens (primary N) is 3. The number of aliphatic imine (C=N–C) groups is 2. The summed E-state index contributed by atoms with van der Waals surface area (Å²) >= 11 is 11.8. The third-order valence-corrected chi connectivity index (χ3v) is 8.93. The van der Waals surface area contributed by atoms with Gasteiger partial charge in [0.05, 0.1) is 37.0 Å². The molecule has 2 aromatic carbocycles. The number of guanidine groups is 1. The molecule has 4 heterocycles. The number of aliphatic hydroxyl groups is 2. The van der Waals surface area contributed by atoms with Gasteiger partial charge < -0.3 is 58.0 Å². The monoisotopic (exact) mass is 831 g/mol. The standard InChI is InChI=1S/C19H22ClN7O2.C19H21ClN6O2.CH4/c1-10-16(9-28)26-17(24-10)15(8-23-19(21)22)27-18(29)14-7-6-13(25-14)11-2-4-12(20)5-3-11;1-10-16(9-27)25-17(22-10)18(23-11(2)21)26-19(28)15-8-7-14(24-15)12-3-5-13(20)6-4-12;/h2-7,15,25,28H,8-9H2,1H3,(H,24,26)(H,27,29)(H4,21,22,23);3-8,18,24,27H,9H2,1-2H3,(H2,21,23)(H,22,25)(H,26,28);1H4. The number of amidine groups is 1. The second-order valence-corrected chi connectivity index (χ2v) is 13.6. The van der Waals surface area contributed by atoms with Crippen molar-refractivity contribution in [2.75, 3.05) is 6.54 Å². The van der Waals surface area contributed by atoms with Crippen molar-refractivity contribution in [1.29, 1.82) is 0 Å². The number of benzene rings is 2. The van der Waals surface area contributed by atoms with Crippen molar-refractivity contribution < 1.29 is 19.8 Å². The van der Waals surface area contributed by atoms with Crippen LogP contribution in [0.5, 0.6) is 0 Å². The lowest BCUT2D eigenvalue weighted by atomic mass is 10.2. The largest absolute Gasteiger partial charge is 0.390 e. The minimum absolute atomic E-state index is 0. The Labute approximate surface area is 344 Å². The number of aliphatic hydroxyl groups excluding tert-OH is 2. The second kappa shape index (κ2) is 20.1. The van der Waals surface area contributed by atoms with Crippen molar-refractivity contribution in [1.82, 2.24) is 40.5 Å². The van der Waals surface area contributed by atoms with Crippen LogP contribution in [-0.4, -0.2) is 70.3 Å². The summed E-state index contributed by atoms with van der Waals surface area (Å²) in [6.07, 6.45) is -0.807. The Bertz CT molecular complexity index is 2350. The highest BCUT2D eigenvalue weighted by atomic mass is 35.5. The summed E-state index contributed by atoms with van der Waals surface area (Å²) in [6, 6.07) is 21.0. The number of carbonyl (C=O) groups excluding carboxylic acids is 2. The van der Waals surface area contributed by atoms with Crippen LogP contribution in [0, 0.1) is 13.8 Å². The topological polar surface area (TPSA) is 290 Å². The van der Waals surface area contributed by atoms with Crippen molar-refractivity contribution in [3.63, 3.8) is 0 Å². The molecule has 14 N–H and O–H groups in total. The van der Waals surface area contributed by atoms with E-state index in [1.54, 1.807) is 57.2 Å². The molecule has 0 aliphatic rings. The molecule has 0 spiro atoms. The number of nitrogens with one attached hydrogen (secondary N) is 6. The van der Waals surface area contributed by atoms with Gasteiger partial charge in [-0.25, -0.2) is 15.0 Å². The van der Waals surface area contributed by atoms with Gasteiger partial charge >= 0.3 is 0 Å². The summed E-state index contributed by atoms with van der Waals surface area (Å²) in [5.41, 5.74) is 23.1. The van der Waals surface area contributed by atoms with E-state index in [0.29, 0.717) is 61.7 Å². The normalized spacial score (nSPS) is 12.1. The first-order valence-corrected chi connectivity index (χ1v) is 18.2. The molecule has 0 bridgehead atoms. The average molecular weight is 833 g/mol. The van der Waals surface area contributed by atoms with Gasteiger partial charge in [0.2, 0.25) is 0 Å². The molecule has 0 saturated heterocycles. The summed E-state index contributed by atoms with van der Waals surface area (Å²) in [5.74, 6) is 0.326. The third kappa shape index (κ3) is 11.6. The fraction of sp³-hybridized carbons (Fsp3) is 0.231. The number of hydrogen-bond donors (Lipinski definition) is 11. The highest BCUT2D eigenvalue weighted by molar-refractivity contribution is 6.30. The van der Waals surface area contributed by atoms with Crippen LogP contribution in [0.25, 0.3) is 22.5 Å². The Morgan fingerprint density at radius 1 is 0.707 bits per heavy atom. The predicted molar refractivity (Wildman–Crippen MR) is 226 cm³/mol. The summed E-state index contributed by atoms with van der Waals surface area (Å²) in [4.78, 5) is 54.5. The molecule has 4 aromatic heterocycles. The molecule has 0 saturated carbocycles. The Morgan fingerprint density at radius 2 is 1.16 bits per heavy atom. The lowest BCUT2D eigenvalue weighted by Crippen LogP contribution is -2.33. The maximum Gasteiger partial charge on any atom is 0.269 e. The van der Waals surface area contributed by atoms with Crippen LogP contribution in [0.15, 0.2) is 82.8 Å². The first-order chi connectivity index (χ1) is 27.2. The predicted octanol–water partition coefficient (Wildman–Crippen LogP) is 4.90. The zero-order valence-electron chi connectivity index (χ0n) is 31.2. The molecule has 58 heavy (non-hydrogen) atoms. The van der Waals surface area contributed by atoms with Crippen molar-refractivity contribution in [3.05, 3.63) is 129 Å². The molecule has 2 atom stereocenters. The fourth-order valence-corrected chi connectivity index (χ4v) is 5.75. The highest BCUT2D eigenvalue weighted by Crippen LogP contribution is 2.23. The Kier molecular flexibility index (Phi) is 15.4. The number of rotatable bonds is 13. The Morgan fingerprint density at radius 3 is 1.59 bits per heavy atom. The van der Waals surface area contributed by atoms with Crippen molar-refractivity contribution in [3.8, 4) is 22.5 Å². The number of imidazole rings is 2. The van der Waals surface area contributed by atoms with Gasteiger partial charge in [0.15, 0.2) is 17.9 Å². The third-order valence-electron chi connectivity index (χ3n) is 8.43. The quantitative estimate of drug-likeness (QED) is 0.0556. The molecule has 6 rings (SSSR count). The van der Waals surface area contributed by atoms with Crippen LogP contribution in [0.4, 0.5) is 0 Å². The number of aromatic amines is 4. The molecular weight excluding hydrogens is 785 g/mol. The van der Waals surface area contributed by atoms with Crippen LogP contribution in [-0.2, 0) is 13.2 Å². The molecule has 2 amide bonds. The van der Waals surface area contributed by atoms with E-state index >= 15 is 0 Å². The van der Waals surface area contributed by atoms with Gasteiger partial charge in [0.25, 0.3) is 11.8 Å². The number of carbonyl (C=O) groups is 2. The minimum atomic E-state index is -0.807. The summed E-state index contributed by atoms with van der Waals surface area (Å²) in [5, 5.41) is 25.6. The maximum absolute atomic E-state index is 12.8. The van der Waals surface area contributed by atoms with Crippen LogP contribution in [0.3, 0.4) is 0 Å². The number of amides is 2. The van der Waals surface area contributed by atoms with Crippen molar-refractivity contribution in [2.24, 2.45) is 27.2 Å². The van der Waals surface area contributed by atoms with Crippen LogP contribution in [0.1, 0.15) is 82.0 Å². The van der Waals surface area contributed by atoms with Gasteiger partial charge in [-0.2, -0.15) is 0 Å². The lowest BCUT2D eigenvalue weighted by molar-refractivity contribution is 0.0924. The van der Waals surface area contributed by atoms with Gasteiger partial charge in [-0.15, -0.1) is 0 Å². The molecule has 0 aliphatic heterocycles. The van der Waals surface area contributed by atoms with E-state index in [-0.39, 0.29) is 45.0 Å². The van der Waals surface area contributed by atoms with Crippen molar-refractivity contribution in [2.45, 2.75) is 53.6 Å². The van der Waals surface area contributed by atoms with Crippen molar-refractivity contribution >= 4 is 46.8 Å². The first-order valence-electron chi connectivity index (χ1n) is 17.4. The number of aromatic nitrogens is 6. The number of halogens is 2. The van der Waals surface area contributed by atoms with E-state index in [0.717, 1.165) is 22.5 Å². The molecule has 0 fully saturated rings. The molecular formula is C39H47Cl2N13O4. The Hall–Kier alpha value is -6.40. The minimum Gasteiger partial charge on any atom is -0.390 e. The first kappa shape index (κ1) is 44.3. The van der Waals surface area contributed by atoms with Gasteiger partial charge in [-0.3, -0.25) is 14.6 Å². The van der Waals surface area contributed by atoms with Crippen LogP contribution in [0.2, 0.25) is 10.0 Å². The van der Waals surface area contributed by atoms with Gasteiger partial charge in [-0.1, -0.05) is 54.9 Å². The maximum atomic E-state index is 12.8. The molecule has 2 unspecified atom stereocenters. The number of hydrogen-bond acceptors (Lipinski definition) is 8. The zero-order chi connectivity index (χ0) is 41.2. The van der Waals surface area contributed by atoms with Gasteiger partial charge in [0.1, 0.15) is 23.3 Å². The van der Waals surface area contributed by atoms with E-state index in [4.69, 9.17) is 40.4 Å². The molecule has 19 heteroatoms. The Balaban J connectivity index is 0.000000252. The zero-order valence-corrected chi connectivity index (χ0v) is 32.7.